The van der Waals surface area contributed by atoms with Crippen LogP contribution in [0.15, 0.2) is 0 Å². The number of rotatable bonds is 7. The first-order valence-corrected chi connectivity index (χ1v) is 7.76. The standard InChI is InChI=1S/C11H21NO5S/c1-5-11(6-2,10(14)15)7-12-9(13)8(3)18(4,16)17/h8H,5-7H2,1-4H3,(H,12,13)(H,14,15). The zero-order valence-electron chi connectivity index (χ0n) is 11.2. The Labute approximate surface area is 108 Å². The molecular formula is C11H21NO5S. The van der Waals surface area contributed by atoms with Crippen LogP contribution in [0.5, 0.6) is 0 Å². The van der Waals surface area contributed by atoms with E-state index in [4.69, 9.17) is 5.11 Å². The number of carboxylic acid groups (broad SMARTS) is 1. The van der Waals surface area contributed by atoms with Crippen LogP contribution in [0.2, 0.25) is 0 Å². The molecule has 1 amide bonds. The summed E-state index contributed by atoms with van der Waals surface area (Å²) in [6.07, 6.45) is 1.71. The number of amides is 1. The number of nitrogens with one attached hydrogen (secondary N) is 1. The van der Waals surface area contributed by atoms with E-state index in [2.05, 4.69) is 5.32 Å². The number of hydrogen-bond donors (Lipinski definition) is 2. The molecule has 0 aromatic heterocycles. The van der Waals surface area contributed by atoms with Crippen molar-refractivity contribution in [3.63, 3.8) is 0 Å². The van der Waals surface area contributed by atoms with Crippen LogP contribution in [0.1, 0.15) is 33.6 Å². The van der Waals surface area contributed by atoms with Crippen molar-refractivity contribution in [2.75, 3.05) is 12.8 Å². The molecule has 0 saturated carbocycles. The molecule has 0 aromatic rings. The molecule has 0 saturated heterocycles. The minimum Gasteiger partial charge on any atom is -0.481 e. The van der Waals surface area contributed by atoms with E-state index in [1.54, 1.807) is 13.8 Å². The summed E-state index contributed by atoms with van der Waals surface area (Å²) in [5, 5.41) is 10.4. The molecule has 0 bridgehead atoms. The summed E-state index contributed by atoms with van der Waals surface area (Å²) < 4.78 is 22.4. The highest BCUT2D eigenvalue weighted by Gasteiger charge is 2.36. The lowest BCUT2D eigenvalue weighted by Gasteiger charge is -2.27. The van der Waals surface area contributed by atoms with Crippen LogP contribution in [0, 0.1) is 5.41 Å². The molecule has 0 rings (SSSR count). The van der Waals surface area contributed by atoms with E-state index in [9.17, 15) is 18.0 Å². The minimum atomic E-state index is -3.46. The van der Waals surface area contributed by atoms with Gasteiger partial charge in [0, 0.05) is 12.8 Å². The number of sulfone groups is 1. The predicted octanol–water partition coefficient (Wildman–Crippen LogP) is 0.427. The summed E-state index contributed by atoms with van der Waals surface area (Å²) in [4.78, 5) is 22.8. The zero-order chi connectivity index (χ0) is 14.6. The lowest BCUT2D eigenvalue weighted by molar-refractivity contribution is -0.149. The molecule has 7 heteroatoms. The van der Waals surface area contributed by atoms with E-state index in [1.807, 2.05) is 0 Å². The number of hydrogen-bond acceptors (Lipinski definition) is 4. The van der Waals surface area contributed by atoms with Gasteiger partial charge in [-0.3, -0.25) is 9.59 Å². The second-order valence-electron chi connectivity index (χ2n) is 4.48. The zero-order valence-corrected chi connectivity index (χ0v) is 12.0. The Morgan fingerprint density at radius 3 is 2.00 bits per heavy atom. The van der Waals surface area contributed by atoms with Crippen molar-refractivity contribution in [3.05, 3.63) is 0 Å². The summed E-state index contributed by atoms with van der Waals surface area (Å²) in [5.74, 6) is -1.65. The monoisotopic (exact) mass is 279 g/mol. The van der Waals surface area contributed by atoms with Crippen LogP contribution in [-0.2, 0) is 19.4 Å². The second-order valence-corrected chi connectivity index (χ2v) is 6.85. The number of carbonyl (C=O) groups excluding carboxylic acids is 1. The lowest BCUT2D eigenvalue weighted by Crippen LogP contribution is -2.46. The molecule has 0 aliphatic carbocycles. The molecule has 2 N–H and O–H groups in total. The SMILES string of the molecule is CCC(CC)(CNC(=O)C(C)S(C)(=O)=O)C(=O)O. The van der Waals surface area contributed by atoms with Gasteiger partial charge in [-0.15, -0.1) is 0 Å². The normalized spacial score (nSPS) is 14.0. The first-order chi connectivity index (χ1) is 8.10. The number of aliphatic carboxylic acids is 1. The maximum atomic E-state index is 11.6. The Hall–Kier alpha value is -1.11. The Balaban J connectivity index is 4.75. The number of carbonyl (C=O) groups is 2. The van der Waals surface area contributed by atoms with Gasteiger partial charge in [-0.05, 0) is 19.8 Å². The van der Waals surface area contributed by atoms with Gasteiger partial charge >= 0.3 is 5.97 Å². The highest BCUT2D eigenvalue weighted by Crippen LogP contribution is 2.25. The molecule has 0 spiro atoms. The fraction of sp³-hybridized carbons (Fsp3) is 0.818. The van der Waals surface area contributed by atoms with Gasteiger partial charge in [0.2, 0.25) is 5.91 Å². The van der Waals surface area contributed by atoms with Crippen molar-refractivity contribution in [2.45, 2.75) is 38.9 Å². The lowest BCUT2D eigenvalue weighted by atomic mass is 9.82. The van der Waals surface area contributed by atoms with Gasteiger partial charge in [0.25, 0.3) is 0 Å². The average Bonchev–Trinajstić information content (AvgIpc) is 2.28. The maximum absolute atomic E-state index is 11.6. The molecule has 18 heavy (non-hydrogen) atoms. The summed E-state index contributed by atoms with van der Waals surface area (Å²) in [6, 6.07) is 0. The van der Waals surface area contributed by atoms with Gasteiger partial charge in [0.1, 0.15) is 5.25 Å². The van der Waals surface area contributed by atoms with Crippen molar-refractivity contribution in [1.29, 1.82) is 0 Å². The molecule has 6 nitrogen and oxygen atoms in total. The summed E-state index contributed by atoms with van der Waals surface area (Å²) in [7, 11) is -3.46. The number of carboxylic acids is 1. The summed E-state index contributed by atoms with van der Waals surface area (Å²) in [6.45, 7) is 4.67. The van der Waals surface area contributed by atoms with E-state index in [0.29, 0.717) is 12.8 Å². The Kier molecular flexibility index (Phi) is 5.79. The first kappa shape index (κ1) is 16.9. The Bertz CT molecular complexity index is 411. The first-order valence-electron chi connectivity index (χ1n) is 5.80. The fourth-order valence-electron chi connectivity index (χ4n) is 1.47. The van der Waals surface area contributed by atoms with E-state index >= 15 is 0 Å². The third-order valence-corrected chi connectivity index (χ3v) is 4.92. The van der Waals surface area contributed by atoms with Gasteiger partial charge in [-0.25, -0.2) is 8.42 Å². The highest BCUT2D eigenvalue weighted by molar-refractivity contribution is 7.92. The molecular weight excluding hydrogens is 258 g/mol. The molecule has 0 aliphatic rings. The van der Waals surface area contributed by atoms with Gasteiger partial charge in [0.15, 0.2) is 9.84 Å². The fourth-order valence-corrected chi connectivity index (χ4v) is 1.94. The van der Waals surface area contributed by atoms with Gasteiger partial charge < -0.3 is 10.4 Å². The van der Waals surface area contributed by atoms with Crippen LogP contribution in [-0.4, -0.2) is 43.5 Å². The minimum absolute atomic E-state index is 0.0615. The van der Waals surface area contributed by atoms with Gasteiger partial charge in [-0.1, -0.05) is 13.8 Å². The Morgan fingerprint density at radius 2 is 1.72 bits per heavy atom. The van der Waals surface area contributed by atoms with Crippen LogP contribution in [0.25, 0.3) is 0 Å². The van der Waals surface area contributed by atoms with Crippen molar-refractivity contribution in [2.24, 2.45) is 5.41 Å². The molecule has 1 unspecified atom stereocenters. The van der Waals surface area contributed by atoms with Crippen molar-refractivity contribution < 1.29 is 23.1 Å². The molecule has 0 aliphatic heterocycles. The quantitative estimate of drug-likeness (QED) is 0.703. The van der Waals surface area contributed by atoms with E-state index in [1.165, 1.54) is 6.92 Å². The smallest absolute Gasteiger partial charge is 0.311 e. The predicted molar refractivity (Wildman–Crippen MR) is 68.0 cm³/mol. The van der Waals surface area contributed by atoms with E-state index < -0.39 is 32.4 Å². The second kappa shape index (κ2) is 6.17. The highest BCUT2D eigenvalue weighted by atomic mass is 32.2. The van der Waals surface area contributed by atoms with Crippen molar-refractivity contribution in [1.82, 2.24) is 5.32 Å². The van der Waals surface area contributed by atoms with Crippen LogP contribution in [0.4, 0.5) is 0 Å². The average molecular weight is 279 g/mol. The third-order valence-electron chi connectivity index (χ3n) is 3.42. The van der Waals surface area contributed by atoms with Crippen LogP contribution >= 0.6 is 0 Å². The molecule has 106 valence electrons. The molecule has 0 fully saturated rings. The van der Waals surface area contributed by atoms with E-state index in [0.717, 1.165) is 6.26 Å². The Morgan fingerprint density at radius 1 is 1.28 bits per heavy atom. The molecule has 0 aromatic carbocycles. The van der Waals surface area contributed by atoms with E-state index in [-0.39, 0.29) is 6.54 Å². The topological polar surface area (TPSA) is 101 Å². The van der Waals surface area contributed by atoms with Crippen LogP contribution in [0.3, 0.4) is 0 Å². The van der Waals surface area contributed by atoms with Crippen LogP contribution < -0.4 is 5.32 Å². The summed E-state index contributed by atoms with van der Waals surface area (Å²) in [5.41, 5.74) is -1.03. The van der Waals surface area contributed by atoms with Gasteiger partial charge in [-0.2, -0.15) is 0 Å². The third kappa shape index (κ3) is 3.97. The molecule has 1 atom stereocenters. The maximum Gasteiger partial charge on any atom is 0.311 e. The van der Waals surface area contributed by atoms with Crippen molar-refractivity contribution in [3.8, 4) is 0 Å². The largest absolute Gasteiger partial charge is 0.481 e. The van der Waals surface area contributed by atoms with Gasteiger partial charge in [0.05, 0.1) is 5.41 Å². The molecule has 0 radical (unpaired) electrons. The summed E-state index contributed by atoms with van der Waals surface area (Å²) >= 11 is 0. The molecule has 0 heterocycles. The van der Waals surface area contributed by atoms with Crippen molar-refractivity contribution >= 4 is 21.7 Å².